The average molecular weight is 556 g/mol. The van der Waals surface area contributed by atoms with Crippen LogP contribution < -0.4 is 10.3 Å². The van der Waals surface area contributed by atoms with Crippen LogP contribution in [0.25, 0.3) is 11.7 Å². The van der Waals surface area contributed by atoms with Crippen molar-refractivity contribution in [2.75, 3.05) is 11.5 Å². The van der Waals surface area contributed by atoms with Crippen LogP contribution in [0.2, 0.25) is 0 Å². The first-order valence-corrected chi connectivity index (χ1v) is 14.7. The smallest absolute Gasteiger partial charge is 0.269 e. The fraction of sp³-hybridized carbons (Fsp3) is 0.308. The maximum absolute atomic E-state index is 13.5. The fourth-order valence-corrected chi connectivity index (χ4v) is 7.41. The number of nitrogens with zero attached hydrogens (tertiary/aromatic N) is 3. The van der Waals surface area contributed by atoms with Crippen LogP contribution in [0.3, 0.4) is 0 Å². The zero-order valence-electron chi connectivity index (χ0n) is 20.5. The van der Waals surface area contributed by atoms with Crippen LogP contribution in [0, 0.1) is 0 Å². The van der Waals surface area contributed by atoms with Crippen molar-refractivity contribution in [1.29, 1.82) is 0 Å². The number of carbonyl (C=O) groups excluding carboxylic acids is 1. The van der Waals surface area contributed by atoms with E-state index in [1.54, 1.807) is 24.4 Å². The summed E-state index contributed by atoms with van der Waals surface area (Å²) < 4.78 is 31.7. The zero-order chi connectivity index (χ0) is 26.5. The summed E-state index contributed by atoms with van der Waals surface area (Å²) in [5, 5.41) is 0. The minimum absolute atomic E-state index is 0.0235. The molecule has 0 saturated carbocycles. The number of amides is 1. The second-order valence-corrected chi connectivity index (χ2v) is 14.0. The summed E-state index contributed by atoms with van der Waals surface area (Å²) in [5.74, 6) is 0.0451. The van der Waals surface area contributed by atoms with Crippen LogP contribution >= 0.6 is 24.0 Å². The molecule has 2 fully saturated rings. The van der Waals surface area contributed by atoms with Gasteiger partial charge in [0.25, 0.3) is 11.5 Å². The Morgan fingerprint density at radius 2 is 1.86 bits per heavy atom. The van der Waals surface area contributed by atoms with Gasteiger partial charge in [0.2, 0.25) is 5.88 Å². The largest absolute Gasteiger partial charge is 0.438 e. The normalized spacial score (nSPS) is 20.8. The van der Waals surface area contributed by atoms with Gasteiger partial charge in [0.15, 0.2) is 9.84 Å². The predicted octanol–water partition coefficient (Wildman–Crippen LogP) is 4.17. The molecule has 0 N–H and O–H groups in total. The van der Waals surface area contributed by atoms with Gasteiger partial charge in [0.05, 0.1) is 22.5 Å². The van der Waals surface area contributed by atoms with Gasteiger partial charge >= 0.3 is 0 Å². The van der Waals surface area contributed by atoms with Crippen molar-refractivity contribution < 1.29 is 17.9 Å². The highest BCUT2D eigenvalue weighted by molar-refractivity contribution is 8.26. The Bertz CT molecular complexity index is 1620. The number of thioether (sulfide) groups is 1. The topological polar surface area (TPSA) is 98.1 Å². The number of thiocarbonyl (C=S) groups is 1. The number of fused-ring (bicyclic) bond motifs is 1. The zero-order valence-corrected chi connectivity index (χ0v) is 23.0. The van der Waals surface area contributed by atoms with Crippen LogP contribution in [-0.2, 0) is 20.0 Å². The molecule has 0 aliphatic carbocycles. The van der Waals surface area contributed by atoms with E-state index in [2.05, 4.69) is 25.8 Å². The molecule has 1 atom stereocenters. The summed E-state index contributed by atoms with van der Waals surface area (Å²) in [7, 11) is -3.21. The maximum atomic E-state index is 13.5. The van der Waals surface area contributed by atoms with E-state index in [4.69, 9.17) is 17.0 Å². The van der Waals surface area contributed by atoms with E-state index in [0.717, 1.165) is 17.3 Å². The van der Waals surface area contributed by atoms with Crippen LogP contribution in [0.15, 0.2) is 58.4 Å². The van der Waals surface area contributed by atoms with Gasteiger partial charge in [-0.15, -0.1) is 0 Å². The predicted molar refractivity (Wildman–Crippen MR) is 149 cm³/mol. The first-order valence-electron chi connectivity index (χ1n) is 11.7. The first-order chi connectivity index (χ1) is 17.4. The summed E-state index contributed by atoms with van der Waals surface area (Å²) in [5.41, 5.74) is 1.19. The summed E-state index contributed by atoms with van der Waals surface area (Å²) >= 11 is 6.45. The Labute approximate surface area is 224 Å². The highest BCUT2D eigenvalue weighted by Crippen LogP contribution is 2.37. The molecule has 0 spiro atoms. The maximum Gasteiger partial charge on any atom is 0.269 e. The van der Waals surface area contributed by atoms with Crippen molar-refractivity contribution in [1.82, 2.24) is 14.3 Å². The van der Waals surface area contributed by atoms with Crippen LogP contribution in [-0.4, -0.2) is 50.5 Å². The molecule has 3 aromatic rings. The van der Waals surface area contributed by atoms with E-state index >= 15 is 0 Å². The third-order valence-corrected chi connectivity index (χ3v) is 9.42. The molecule has 37 heavy (non-hydrogen) atoms. The van der Waals surface area contributed by atoms with E-state index in [1.165, 1.54) is 15.4 Å². The number of carbonyl (C=O) groups is 1. The molecule has 1 unspecified atom stereocenters. The molecule has 8 nitrogen and oxygen atoms in total. The van der Waals surface area contributed by atoms with Crippen LogP contribution in [0.5, 0.6) is 11.6 Å². The Kier molecular flexibility index (Phi) is 6.49. The number of rotatable bonds is 4. The third kappa shape index (κ3) is 5.07. The van der Waals surface area contributed by atoms with Crippen molar-refractivity contribution in [2.24, 2.45) is 0 Å². The highest BCUT2D eigenvalue weighted by Gasteiger charge is 2.42. The molecular weight excluding hydrogens is 531 g/mol. The molecule has 192 valence electrons. The molecule has 4 heterocycles. The average Bonchev–Trinajstić information content (AvgIpc) is 3.33. The molecular formula is C26H25N3O5S3. The van der Waals surface area contributed by atoms with E-state index < -0.39 is 27.3 Å². The van der Waals surface area contributed by atoms with Crippen molar-refractivity contribution in [3.63, 3.8) is 0 Å². The Morgan fingerprint density at radius 3 is 2.51 bits per heavy atom. The first kappa shape index (κ1) is 25.6. The van der Waals surface area contributed by atoms with Crippen molar-refractivity contribution >= 4 is 55.8 Å². The number of pyridine rings is 1. The summed E-state index contributed by atoms with van der Waals surface area (Å²) in [4.78, 5) is 32.9. The van der Waals surface area contributed by atoms with Gasteiger partial charge in [0.1, 0.15) is 21.3 Å². The van der Waals surface area contributed by atoms with Gasteiger partial charge in [-0.1, -0.05) is 63.0 Å². The molecule has 5 rings (SSSR count). The lowest BCUT2D eigenvalue weighted by Gasteiger charge is -2.20. The Balaban J connectivity index is 1.55. The number of hydrogen-bond donors (Lipinski definition) is 0. The number of sulfone groups is 1. The van der Waals surface area contributed by atoms with Crippen molar-refractivity contribution in [3.05, 3.63) is 75.0 Å². The molecule has 2 aliphatic rings. The molecule has 2 aromatic heterocycles. The van der Waals surface area contributed by atoms with E-state index in [-0.39, 0.29) is 37.6 Å². The van der Waals surface area contributed by atoms with Gasteiger partial charge in [-0.2, -0.15) is 4.98 Å². The highest BCUT2D eigenvalue weighted by atomic mass is 32.2. The molecule has 2 aliphatic heterocycles. The van der Waals surface area contributed by atoms with Gasteiger partial charge < -0.3 is 4.74 Å². The molecule has 1 amide bonds. The molecule has 2 saturated heterocycles. The third-order valence-electron chi connectivity index (χ3n) is 6.34. The Hall–Kier alpha value is -3.02. The molecule has 0 bridgehead atoms. The second kappa shape index (κ2) is 9.38. The minimum Gasteiger partial charge on any atom is -0.438 e. The molecule has 0 radical (unpaired) electrons. The molecule has 11 heteroatoms. The van der Waals surface area contributed by atoms with Crippen LogP contribution in [0.4, 0.5) is 0 Å². The lowest BCUT2D eigenvalue weighted by atomic mass is 9.87. The lowest BCUT2D eigenvalue weighted by molar-refractivity contribution is -0.123. The standard InChI is InChI=1S/C26H25N3O5S3/c1-26(2,3)16-7-9-18(10-8-16)34-22-19(23(30)28-12-5-4-6-21(28)27-22)14-20-24(31)29(25(35)36-20)17-11-13-37(32,33)15-17/h4-10,12,14,17H,11,13,15H2,1-3H3/b20-14+. The van der Waals surface area contributed by atoms with Gasteiger partial charge in [0, 0.05) is 6.20 Å². The fourth-order valence-electron chi connectivity index (χ4n) is 4.32. The number of ether oxygens (including phenoxy) is 1. The Morgan fingerprint density at radius 1 is 1.14 bits per heavy atom. The van der Waals surface area contributed by atoms with Crippen LogP contribution in [0.1, 0.15) is 38.3 Å². The summed E-state index contributed by atoms with van der Waals surface area (Å²) in [6, 6.07) is 12.2. The van der Waals surface area contributed by atoms with E-state index in [0.29, 0.717) is 17.8 Å². The number of benzene rings is 1. The van der Waals surface area contributed by atoms with Crippen molar-refractivity contribution in [2.45, 2.75) is 38.6 Å². The lowest BCUT2D eigenvalue weighted by Crippen LogP contribution is -2.39. The SMILES string of the molecule is CC(C)(C)c1ccc(Oc2nc3ccccn3c(=O)c2/C=C2/SC(=S)N(C3CCS(=O)(=O)C3)C2=O)cc1. The summed E-state index contributed by atoms with van der Waals surface area (Å²) in [6.45, 7) is 6.35. The van der Waals surface area contributed by atoms with Gasteiger partial charge in [-0.25, -0.2) is 8.42 Å². The quantitative estimate of drug-likeness (QED) is 0.350. The summed E-state index contributed by atoms with van der Waals surface area (Å²) in [6.07, 6.45) is 3.37. The van der Waals surface area contributed by atoms with Gasteiger partial charge in [-0.05, 0) is 47.7 Å². The second-order valence-electron chi connectivity index (χ2n) is 10.0. The van der Waals surface area contributed by atoms with Gasteiger partial charge in [-0.3, -0.25) is 18.9 Å². The van der Waals surface area contributed by atoms with Crippen molar-refractivity contribution in [3.8, 4) is 11.6 Å². The minimum atomic E-state index is -3.21. The molecule has 1 aromatic carbocycles. The van der Waals surface area contributed by atoms with E-state index in [1.807, 2.05) is 24.3 Å². The monoisotopic (exact) mass is 555 g/mol. The number of hydrogen-bond acceptors (Lipinski definition) is 8. The van der Waals surface area contributed by atoms with E-state index in [9.17, 15) is 18.0 Å². The number of aromatic nitrogens is 2.